The summed E-state index contributed by atoms with van der Waals surface area (Å²) in [5.41, 5.74) is 3.99. The van der Waals surface area contributed by atoms with E-state index in [-0.39, 0.29) is 18.2 Å². The molecule has 152 valence electrons. The molecule has 4 rings (SSSR count). The fraction of sp³-hybridized carbons (Fsp3) is 0.208. The van der Waals surface area contributed by atoms with E-state index in [1.807, 2.05) is 55.5 Å². The molecule has 2 aromatic carbocycles. The van der Waals surface area contributed by atoms with E-state index >= 15 is 0 Å². The number of fused-ring (bicyclic) bond motifs is 1. The fourth-order valence-electron chi connectivity index (χ4n) is 3.68. The van der Waals surface area contributed by atoms with E-state index in [2.05, 4.69) is 10.3 Å². The summed E-state index contributed by atoms with van der Waals surface area (Å²) in [4.78, 5) is 31.9. The smallest absolute Gasteiger partial charge is 0.260 e. The monoisotopic (exact) mass is 401 g/mol. The quantitative estimate of drug-likeness (QED) is 0.682. The highest BCUT2D eigenvalue weighted by atomic mass is 16.5. The van der Waals surface area contributed by atoms with E-state index in [9.17, 15) is 9.59 Å². The summed E-state index contributed by atoms with van der Waals surface area (Å²) in [5.74, 6) is 0.464. The van der Waals surface area contributed by atoms with Gasteiger partial charge in [-0.1, -0.05) is 29.8 Å². The number of nitrogens with zero attached hydrogens (tertiary/aromatic N) is 2. The first-order valence-corrected chi connectivity index (χ1v) is 9.81. The van der Waals surface area contributed by atoms with Gasteiger partial charge in [0.05, 0.1) is 30.8 Å². The number of hydrogen-bond donors (Lipinski definition) is 1. The van der Waals surface area contributed by atoms with Crippen molar-refractivity contribution < 1.29 is 14.3 Å². The maximum Gasteiger partial charge on any atom is 0.260 e. The van der Waals surface area contributed by atoms with Gasteiger partial charge < -0.3 is 10.1 Å². The Kier molecular flexibility index (Phi) is 5.48. The van der Waals surface area contributed by atoms with Crippen molar-refractivity contribution in [1.82, 2.24) is 10.3 Å². The Hall–Kier alpha value is -3.67. The lowest BCUT2D eigenvalue weighted by Crippen LogP contribution is -2.33. The minimum absolute atomic E-state index is 0.132. The molecule has 0 bridgehead atoms. The second-order valence-corrected chi connectivity index (χ2v) is 7.30. The third kappa shape index (κ3) is 3.89. The fourth-order valence-corrected chi connectivity index (χ4v) is 3.68. The molecule has 30 heavy (non-hydrogen) atoms. The summed E-state index contributed by atoms with van der Waals surface area (Å²) >= 11 is 0. The molecule has 1 atom stereocenters. The zero-order valence-corrected chi connectivity index (χ0v) is 17.0. The normalized spacial score (nSPS) is 15.1. The van der Waals surface area contributed by atoms with Crippen molar-refractivity contribution in [3.05, 3.63) is 89.2 Å². The topological polar surface area (TPSA) is 71.5 Å². The minimum Gasteiger partial charge on any atom is -0.497 e. The lowest BCUT2D eigenvalue weighted by atomic mass is 10.1. The summed E-state index contributed by atoms with van der Waals surface area (Å²) in [5, 5.41) is 2.94. The zero-order valence-electron chi connectivity index (χ0n) is 17.0. The van der Waals surface area contributed by atoms with Crippen molar-refractivity contribution in [3.8, 4) is 5.75 Å². The molecule has 1 aromatic heterocycles. The van der Waals surface area contributed by atoms with Crippen LogP contribution in [0.1, 0.15) is 39.6 Å². The number of nitrogens with one attached hydrogen (secondary N) is 1. The van der Waals surface area contributed by atoms with Crippen LogP contribution in [0.2, 0.25) is 0 Å². The highest BCUT2D eigenvalue weighted by Gasteiger charge is 2.39. The van der Waals surface area contributed by atoms with Crippen LogP contribution >= 0.6 is 0 Å². The molecule has 6 heteroatoms. The number of carbonyl (C=O) groups excluding carboxylic acids is 2. The molecule has 1 unspecified atom stereocenters. The van der Waals surface area contributed by atoms with Gasteiger partial charge in [0.1, 0.15) is 5.75 Å². The molecule has 1 N–H and O–H groups in total. The SMILES string of the molecule is COc1cccc(CNC(=O)CC2c3ncccc3C(=O)N2c2ccc(C)cc2)c1. The number of aryl methyl sites for hydroxylation is 1. The molecule has 2 amide bonds. The van der Waals surface area contributed by atoms with Crippen molar-refractivity contribution in [2.24, 2.45) is 0 Å². The lowest BCUT2D eigenvalue weighted by Gasteiger charge is -2.24. The van der Waals surface area contributed by atoms with Gasteiger partial charge in [-0.05, 0) is 48.9 Å². The van der Waals surface area contributed by atoms with Crippen molar-refractivity contribution in [3.63, 3.8) is 0 Å². The number of methoxy groups -OCH3 is 1. The Bertz CT molecular complexity index is 1080. The Balaban J connectivity index is 1.54. The van der Waals surface area contributed by atoms with Gasteiger partial charge in [0.2, 0.25) is 5.91 Å². The standard InChI is InChI=1S/C24H23N3O3/c1-16-8-10-18(11-9-16)27-21(23-20(24(27)29)7-4-12-25-23)14-22(28)26-15-17-5-3-6-19(13-17)30-2/h3-13,21H,14-15H2,1-2H3,(H,26,28). The summed E-state index contributed by atoms with van der Waals surface area (Å²) in [6.45, 7) is 2.38. The predicted octanol–water partition coefficient (Wildman–Crippen LogP) is 3.81. The molecule has 2 heterocycles. The van der Waals surface area contributed by atoms with E-state index in [0.29, 0.717) is 17.8 Å². The highest BCUT2D eigenvalue weighted by Crippen LogP contribution is 2.38. The number of ether oxygens (including phenoxy) is 1. The second kappa shape index (κ2) is 8.37. The first kappa shape index (κ1) is 19.6. The summed E-state index contributed by atoms with van der Waals surface area (Å²) in [7, 11) is 1.61. The minimum atomic E-state index is -0.443. The molecule has 1 aliphatic rings. The van der Waals surface area contributed by atoms with Crippen LogP contribution in [0.15, 0.2) is 66.9 Å². The van der Waals surface area contributed by atoms with Crippen LogP contribution in [0.5, 0.6) is 5.75 Å². The number of anilines is 1. The molecule has 6 nitrogen and oxygen atoms in total. The van der Waals surface area contributed by atoms with Crippen LogP contribution in [0, 0.1) is 6.92 Å². The number of benzene rings is 2. The van der Waals surface area contributed by atoms with E-state index < -0.39 is 6.04 Å². The Morgan fingerprint density at radius 1 is 1.13 bits per heavy atom. The van der Waals surface area contributed by atoms with Crippen LogP contribution in [-0.2, 0) is 11.3 Å². The average molecular weight is 401 g/mol. The van der Waals surface area contributed by atoms with Crippen molar-refractivity contribution in [2.75, 3.05) is 12.0 Å². The summed E-state index contributed by atoms with van der Waals surface area (Å²) in [6, 6.07) is 18.3. The predicted molar refractivity (Wildman–Crippen MR) is 114 cm³/mol. The maximum atomic E-state index is 13.1. The van der Waals surface area contributed by atoms with Crippen LogP contribution < -0.4 is 15.0 Å². The maximum absolute atomic E-state index is 13.1. The first-order chi connectivity index (χ1) is 14.6. The van der Waals surface area contributed by atoms with E-state index in [0.717, 1.165) is 22.6 Å². The van der Waals surface area contributed by atoms with Crippen molar-refractivity contribution >= 4 is 17.5 Å². The van der Waals surface area contributed by atoms with Gasteiger partial charge >= 0.3 is 0 Å². The van der Waals surface area contributed by atoms with Gasteiger partial charge in [0.15, 0.2) is 0 Å². The van der Waals surface area contributed by atoms with Crippen LogP contribution in [0.25, 0.3) is 0 Å². The van der Waals surface area contributed by atoms with Gasteiger partial charge in [0.25, 0.3) is 5.91 Å². The summed E-state index contributed by atoms with van der Waals surface area (Å²) < 4.78 is 5.23. The average Bonchev–Trinajstić information content (AvgIpc) is 3.05. The van der Waals surface area contributed by atoms with E-state index in [1.54, 1.807) is 30.3 Å². The number of hydrogen-bond acceptors (Lipinski definition) is 4. The largest absolute Gasteiger partial charge is 0.497 e. The molecule has 1 aliphatic heterocycles. The molecule has 0 fully saturated rings. The number of amides is 2. The van der Waals surface area contributed by atoms with Gasteiger partial charge in [-0.2, -0.15) is 0 Å². The Morgan fingerprint density at radius 2 is 1.93 bits per heavy atom. The van der Waals surface area contributed by atoms with Gasteiger partial charge in [-0.15, -0.1) is 0 Å². The number of carbonyl (C=O) groups is 2. The first-order valence-electron chi connectivity index (χ1n) is 9.81. The number of pyridine rings is 1. The third-order valence-corrected chi connectivity index (χ3v) is 5.23. The Morgan fingerprint density at radius 3 is 2.70 bits per heavy atom. The third-order valence-electron chi connectivity index (χ3n) is 5.23. The second-order valence-electron chi connectivity index (χ2n) is 7.30. The van der Waals surface area contributed by atoms with Gasteiger partial charge in [-0.3, -0.25) is 19.5 Å². The molecule has 3 aromatic rings. The number of rotatable bonds is 6. The molecular formula is C24H23N3O3. The molecular weight excluding hydrogens is 378 g/mol. The molecule has 0 spiro atoms. The van der Waals surface area contributed by atoms with E-state index in [4.69, 9.17) is 4.74 Å². The van der Waals surface area contributed by atoms with Crippen LogP contribution in [0.4, 0.5) is 5.69 Å². The van der Waals surface area contributed by atoms with Crippen LogP contribution in [0.3, 0.4) is 0 Å². The number of aromatic nitrogens is 1. The van der Waals surface area contributed by atoms with Crippen molar-refractivity contribution in [1.29, 1.82) is 0 Å². The highest BCUT2D eigenvalue weighted by molar-refractivity contribution is 6.11. The molecule has 0 radical (unpaired) electrons. The Labute approximate surface area is 175 Å². The zero-order chi connectivity index (χ0) is 21.1. The van der Waals surface area contributed by atoms with E-state index in [1.165, 1.54) is 0 Å². The van der Waals surface area contributed by atoms with Crippen molar-refractivity contribution in [2.45, 2.75) is 25.9 Å². The lowest BCUT2D eigenvalue weighted by molar-refractivity contribution is -0.121. The van der Waals surface area contributed by atoms with Gasteiger partial charge in [-0.25, -0.2) is 0 Å². The van der Waals surface area contributed by atoms with Crippen LogP contribution in [-0.4, -0.2) is 23.9 Å². The molecule has 0 saturated carbocycles. The molecule has 0 saturated heterocycles. The summed E-state index contributed by atoms with van der Waals surface area (Å²) in [6.07, 6.45) is 1.79. The van der Waals surface area contributed by atoms with Gasteiger partial charge in [0, 0.05) is 18.4 Å². The molecule has 0 aliphatic carbocycles.